The normalized spacial score (nSPS) is 9.44. The summed E-state index contributed by atoms with van der Waals surface area (Å²) in [5.41, 5.74) is 0. The quantitative estimate of drug-likeness (QED) is 0.111. The summed E-state index contributed by atoms with van der Waals surface area (Å²) >= 11 is 0. The van der Waals surface area contributed by atoms with E-state index < -0.39 is 31.3 Å². The molecule has 0 rings (SSSR count). The van der Waals surface area contributed by atoms with Crippen LogP contribution in [0.1, 0.15) is 0 Å². The van der Waals surface area contributed by atoms with Crippen LogP contribution in [0, 0.1) is 0 Å². The standard InChI is InChI=1S/3Na.4H3O4P.2H2O/c;;;4*1-5(2,3)4;;/h;;;4*(H3,1,2,3,4);2*1H2/q3*+1;;;;;;/p-3. The zero-order valence-corrected chi connectivity index (χ0v) is 22.2. The van der Waals surface area contributed by atoms with Gasteiger partial charge in [-0.1, -0.05) is 0 Å². The average molecular weight is 494 g/mol. The molecule has 0 aliphatic rings. The van der Waals surface area contributed by atoms with Gasteiger partial charge in [-0.25, -0.2) is 13.7 Å². The van der Waals surface area contributed by atoms with E-state index in [-0.39, 0.29) is 99.6 Å². The predicted molar refractivity (Wildman–Crippen MR) is 57.6 cm³/mol. The Bertz CT molecular complexity index is 293. The topological polar surface area (TPSA) is 383 Å². The van der Waals surface area contributed by atoms with Gasteiger partial charge in [0.1, 0.15) is 0 Å². The first-order chi connectivity index (χ1) is 8.00. The van der Waals surface area contributed by atoms with Gasteiger partial charge in [0.05, 0.1) is 0 Å². The van der Waals surface area contributed by atoms with Crippen LogP contribution < -0.4 is 103 Å². The third-order valence-corrected chi connectivity index (χ3v) is 0. The minimum Gasteiger partial charge on any atom is -0.822 e. The predicted octanol–water partition coefficient (Wildman–Crippen LogP) is -16.2. The fourth-order valence-electron chi connectivity index (χ4n) is 0. The van der Waals surface area contributed by atoms with Gasteiger partial charge in [0.2, 0.25) is 0 Å². The third kappa shape index (κ3) is 1560. The van der Waals surface area contributed by atoms with Crippen molar-refractivity contribution >= 4 is 31.3 Å². The summed E-state index contributed by atoms with van der Waals surface area (Å²) in [6, 6.07) is 0. The van der Waals surface area contributed by atoms with Crippen molar-refractivity contribution in [3.63, 3.8) is 0 Å². The Balaban J connectivity index is -0.0000000183. The number of hydrogen-bond donors (Lipinski definition) is 9. The van der Waals surface area contributed by atoms with Gasteiger partial charge in [-0.15, -0.1) is 0 Å². The van der Waals surface area contributed by atoms with Gasteiger partial charge < -0.3 is 74.2 Å². The number of rotatable bonds is 0. The van der Waals surface area contributed by atoms with Gasteiger partial charge in [0.25, 0.3) is 0 Å². The largest absolute Gasteiger partial charge is 1.00 e. The summed E-state index contributed by atoms with van der Waals surface area (Å²) in [7, 11) is -19.3. The first-order valence-electron chi connectivity index (χ1n) is 3.08. The van der Waals surface area contributed by atoms with Crippen LogP contribution in [-0.4, -0.2) is 55.0 Å². The van der Waals surface area contributed by atoms with Gasteiger partial charge in [-0.05, 0) is 0 Å². The second kappa shape index (κ2) is 25.4. The molecule has 25 heavy (non-hydrogen) atoms. The fourth-order valence-corrected chi connectivity index (χ4v) is 0. The Morgan fingerprint density at radius 1 is 0.440 bits per heavy atom. The summed E-state index contributed by atoms with van der Waals surface area (Å²) in [4.78, 5) is 90.3. The zero-order valence-electron chi connectivity index (χ0n) is 12.7. The monoisotopic (exact) mass is 494 g/mol. The first-order valence-corrected chi connectivity index (χ1v) is 9.23. The summed E-state index contributed by atoms with van der Waals surface area (Å²) in [5.74, 6) is 0. The van der Waals surface area contributed by atoms with E-state index in [1.165, 1.54) is 0 Å². The van der Waals surface area contributed by atoms with E-state index in [0.29, 0.717) is 0 Å². The van der Waals surface area contributed by atoms with Crippen molar-refractivity contribution in [1.29, 1.82) is 0 Å². The maximum atomic E-state index is 8.88. The van der Waals surface area contributed by atoms with E-state index in [4.69, 9.17) is 77.0 Å². The second-order valence-corrected chi connectivity index (χ2v) is 5.96. The van der Waals surface area contributed by atoms with Crippen LogP contribution in [0.2, 0.25) is 0 Å². The van der Waals surface area contributed by atoms with Crippen LogP contribution in [0.4, 0.5) is 0 Å². The molecule has 0 radical (unpaired) electrons. The van der Waals surface area contributed by atoms with E-state index in [0.717, 1.165) is 0 Å². The molecule has 0 amide bonds. The maximum Gasteiger partial charge on any atom is 1.00 e. The van der Waals surface area contributed by atoms with Crippen LogP contribution >= 0.6 is 31.3 Å². The van der Waals surface area contributed by atoms with Crippen LogP contribution in [0.3, 0.4) is 0 Å². The molecule has 0 unspecified atom stereocenters. The van der Waals surface area contributed by atoms with E-state index >= 15 is 0 Å². The molecule has 0 saturated carbocycles. The summed E-state index contributed by atoms with van der Waals surface area (Å²) in [5, 5.41) is 0. The van der Waals surface area contributed by atoms with Crippen molar-refractivity contribution < 1.29 is 177 Å². The zero-order chi connectivity index (χ0) is 18.0. The van der Waals surface area contributed by atoms with Crippen molar-refractivity contribution in [3.05, 3.63) is 0 Å². The Hall–Kier alpha value is 3.36. The average Bonchev–Trinajstić information content (AvgIpc) is 1.62. The van der Waals surface area contributed by atoms with E-state index in [1.807, 2.05) is 0 Å². The van der Waals surface area contributed by atoms with Gasteiger partial charge in [0, 0.05) is 0 Å². The molecule has 0 saturated heterocycles. The molecule has 0 fully saturated rings. The molecule has 25 heteroatoms. The van der Waals surface area contributed by atoms with Gasteiger partial charge in [0.15, 0.2) is 0 Å². The molecule has 18 nitrogen and oxygen atoms in total. The molecule has 0 aromatic heterocycles. The minimum absolute atomic E-state index is 0. The minimum atomic E-state index is -5.39. The maximum absolute atomic E-state index is 8.88. The molecule has 0 heterocycles. The van der Waals surface area contributed by atoms with Crippen molar-refractivity contribution in [2.75, 3.05) is 0 Å². The Kier molecular flexibility index (Phi) is 57.5. The molecular weight excluding hydrogens is 481 g/mol. The van der Waals surface area contributed by atoms with Crippen LogP contribution in [0.25, 0.3) is 0 Å². The molecule has 0 aromatic carbocycles. The van der Waals surface area contributed by atoms with Crippen LogP contribution in [-0.2, 0) is 18.3 Å². The Morgan fingerprint density at radius 2 is 0.440 bits per heavy atom. The molecule has 144 valence electrons. The Labute approximate surface area is 205 Å². The number of hydrogen-bond acceptors (Lipinski definition) is 7. The van der Waals surface area contributed by atoms with Crippen molar-refractivity contribution in [1.82, 2.24) is 0 Å². The Morgan fingerprint density at radius 3 is 0.440 bits per heavy atom. The van der Waals surface area contributed by atoms with Gasteiger partial charge in [-0.3, -0.25) is 0 Å². The van der Waals surface area contributed by atoms with Gasteiger partial charge >= 0.3 is 112 Å². The molecule has 0 bridgehead atoms. The molecule has 0 spiro atoms. The van der Waals surface area contributed by atoms with Crippen molar-refractivity contribution in [2.45, 2.75) is 0 Å². The molecular formula is H13Na3O18P4. The molecule has 0 aliphatic carbocycles. The molecule has 0 aliphatic heterocycles. The van der Waals surface area contributed by atoms with E-state index in [9.17, 15) is 0 Å². The fraction of sp³-hybridized carbons (Fsp3) is 0. The number of phosphoric acid groups is 4. The first kappa shape index (κ1) is 56.6. The summed E-state index contributed by atoms with van der Waals surface area (Å²) in [6.45, 7) is 0. The van der Waals surface area contributed by atoms with E-state index in [1.54, 1.807) is 0 Å². The second-order valence-electron chi connectivity index (χ2n) is 1.99. The van der Waals surface area contributed by atoms with Crippen molar-refractivity contribution in [3.8, 4) is 0 Å². The summed E-state index contributed by atoms with van der Waals surface area (Å²) < 4.78 is 35.2. The van der Waals surface area contributed by atoms with Crippen molar-refractivity contribution in [2.24, 2.45) is 0 Å². The molecule has 13 N–H and O–H groups in total. The molecule has 0 atom stereocenters. The smallest absolute Gasteiger partial charge is 0.822 e. The van der Waals surface area contributed by atoms with Crippen LogP contribution in [0.5, 0.6) is 0 Å². The SMILES string of the molecule is O.O.O=P(O)(O)O.O=P(O)(O)O.O=P(O)(O)O.O=P([O-])([O-])[O-].[Na+].[Na+].[Na+]. The summed E-state index contributed by atoms with van der Waals surface area (Å²) in [6.07, 6.45) is 0. The molecule has 0 aromatic rings. The van der Waals surface area contributed by atoms with Gasteiger partial charge in [-0.2, -0.15) is 7.82 Å². The third-order valence-electron chi connectivity index (χ3n) is 0. The van der Waals surface area contributed by atoms with Crippen LogP contribution in [0.15, 0.2) is 0 Å². The van der Waals surface area contributed by atoms with E-state index in [2.05, 4.69) is 0 Å².